The van der Waals surface area contributed by atoms with Crippen LogP contribution in [0, 0.1) is 0 Å². The van der Waals surface area contributed by atoms with E-state index < -0.39 is 0 Å². The maximum atomic E-state index is 12.1. The quantitative estimate of drug-likeness (QED) is 0.709. The summed E-state index contributed by atoms with van der Waals surface area (Å²) < 4.78 is 16.6. The molecule has 2 aromatic rings. The molecule has 0 heterocycles. The molecular weight excluding hydrogens is 306 g/mol. The van der Waals surface area contributed by atoms with Gasteiger partial charge in [-0.15, -0.1) is 0 Å². The number of hydrogen-bond acceptors (Lipinski definition) is 4. The lowest BCUT2D eigenvalue weighted by atomic mass is 10.3. The number of para-hydroxylation sites is 3. The number of hydrogen-bond donors (Lipinski definition) is 0. The van der Waals surface area contributed by atoms with Crippen molar-refractivity contribution in [3.05, 3.63) is 54.6 Å². The van der Waals surface area contributed by atoms with E-state index in [4.69, 9.17) is 14.2 Å². The summed E-state index contributed by atoms with van der Waals surface area (Å²) >= 11 is 0. The van der Waals surface area contributed by atoms with Crippen molar-refractivity contribution in [2.24, 2.45) is 0 Å². The van der Waals surface area contributed by atoms with Crippen LogP contribution < -0.4 is 14.2 Å². The molecule has 0 aromatic heterocycles. The maximum Gasteiger partial charge on any atom is 0.260 e. The summed E-state index contributed by atoms with van der Waals surface area (Å²) in [6.45, 7) is 3.34. The van der Waals surface area contributed by atoms with E-state index in [2.05, 4.69) is 0 Å². The maximum absolute atomic E-state index is 12.1. The molecule has 0 radical (unpaired) electrons. The topological polar surface area (TPSA) is 48.0 Å². The largest absolute Gasteiger partial charge is 0.492 e. The van der Waals surface area contributed by atoms with Gasteiger partial charge in [-0.25, -0.2) is 0 Å². The van der Waals surface area contributed by atoms with E-state index in [1.54, 1.807) is 18.0 Å². The fraction of sp³-hybridized carbons (Fsp3) is 0.316. The molecule has 5 nitrogen and oxygen atoms in total. The molecule has 128 valence electrons. The highest BCUT2D eigenvalue weighted by Gasteiger charge is 2.11. The van der Waals surface area contributed by atoms with Crippen LogP contribution in [0.25, 0.3) is 0 Å². The highest BCUT2D eigenvalue weighted by molar-refractivity contribution is 5.77. The molecule has 0 aliphatic carbocycles. The third-order valence-electron chi connectivity index (χ3n) is 3.36. The highest BCUT2D eigenvalue weighted by Crippen LogP contribution is 2.26. The van der Waals surface area contributed by atoms with Gasteiger partial charge in [-0.1, -0.05) is 30.3 Å². The number of carbonyl (C=O) groups excluding carboxylic acids is 1. The molecular formula is C19H23NO4. The number of nitrogens with zero attached hydrogens (tertiary/aromatic N) is 1. The molecule has 0 atom stereocenters. The SMILES string of the molecule is CCOc1ccccc1OCC(=O)N(C)CCOc1ccccc1. The first-order valence-corrected chi connectivity index (χ1v) is 7.97. The molecule has 0 spiro atoms. The van der Waals surface area contributed by atoms with E-state index >= 15 is 0 Å². The zero-order valence-corrected chi connectivity index (χ0v) is 14.1. The Morgan fingerprint density at radius 2 is 1.54 bits per heavy atom. The summed E-state index contributed by atoms with van der Waals surface area (Å²) in [4.78, 5) is 13.7. The zero-order chi connectivity index (χ0) is 17.2. The van der Waals surface area contributed by atoms with Gasteiger partial charge in [0.25, 0.3) is 5.91 Å². The molecule has 0 saturated heterocycles. The molecule has 5 heteroatoms. The monoisotopic (exact) mass is 329 g/mol. The fourth-order valence-corrected chi connectivity index (χ4v) is 2.04. The molecule has 0 aliphatic heterocycles. The predicted octanol–water partition coefficient (Wildman–Crippen LogP) is 3.00. The minimum Gasteiger partial charge on any atom is -0.492 e. The second-order valence-corrected chi connectivity index (χ2v) is 5.15. The number of carbonyl (C=O) groups is 1. The minimum atomic E-state index is -0.113. The van der Waals surface area contributed by atoms with Gasteiger partial charge >= 0.3 is 0 Å². The van der Waals surface area contributed by atoms with E-state index in [1.807, 2.05) is 55.5 Å². The Morgan fingerprint density at radius 1 is 0.917 bits per heavy atom. The summed E-state index contributed by atoms with van der Waals surface area (Å²) in [5, 5.41) is 0. The van der Waals surface area contributed by atoms with Crippen LogP contribution >= 0.6 is 0 Å². The summed E-state index contributed by atoms with van der Waals surface area (Å²) in [7, 11) is 1.73. The molecule has 0 unspecified atom stereocenters. The second kappa shape index (κ2) is 9.45. The number of likely N-dealkylation sites (N-methyl/N-ethyl adjacent to an activating group) is 1. The molecule has 0 bridgehead atoms. The fourth-order valence-electron chi connectivity index (χ4n) is 2.04. The molecule has 0 fully saturated rings. The van der Waals surface area contributed by atoms with Crippen LogP contribution in [-0.4, -0.2) is 44.2 Å². The van der Waals surface area contributed by atoms with Crippen molar-refractivity contribution in [2.45, 2.75) is 6.92 Å². The van der Waals surface area contributed by atoms with Gasteiger partial charge in [0.2, 0.25) is 0 Å². The molecule has 24 heavy (non-hydrogen) atoms. The Morgan fingerprint density at radius 3 is 2.21 bits per heavy atom. The van der Waals surface area contributed by atoms with Crippen LogP contribution in [0.5, 0.6) is 17.2 Å². The summed E-state index contributed by atoms with van der Waals surface area (Å²) in [5.41, 5.74) is 0. The second-order valence-electron chi connectivity index (χ2n) is 5.15. The van der Waals surface area contributed by atoms with Gasteiger partial charge in [-0.3, -0.25) is 4.79 Å². The third-order valence-corrected chi connectivity index (χ3v) is 3.36. The van der Waals surface area contributed by atoms with Gasteiger partial charge in [-0.05, 0) is 31.2 Å². The molecule has 0 saturated carbocycles. The Bertz CT molecular complexity index is 630. The average Bonchev–Trinajstić information content (AvgIpc) is 2.62. The van der Waals surface area contributed by atoms with Crippen LogP contribution in [0.1, 0.15) is 6.92 Å². The number of benzene rings is 2. The lowest BCUT2D eigenvalue weighted by Crippen LogP contribution is -2.34. The van der Waals surface area contributed by atoms with Gasteiger partial charge in [0.1, 0.15) is 12.4 Å². The standard InChI is InChI=1S/C19H23NO4/c1-3-22-17-11-7-8-12-18(17)24-15-19(21)20(2)13-14-23-16-9-5-4-6-10-16/h4-12H,3,13-15H2,1-2H3. The smallest absolute Gasteiger partial charge is 0.260 e. The van der Waals surface area contributed by atoms with Crippen molar-refractivity contribution in [3.63, 3.8) is 0 Å². The van der Waals surface area contributed by atoms with Crippen molar-refractivity contribution < 1.29 is 19.0 Å². The molecule has 1 amide bonds. The number of amides is 1. The Labute approximate surface area is 142 Å². The first kappa shape index (κ1) is 17.7. The third kappa shape index (κ3) is 5.50. The van der Waals surface area contributed by atoms with Crippen molar-refractivity contribution in [1.82, 2.24) is 4.90 Å². The van der Waals surface area contributed by atoms with Gasteiger partial charge < -0.3 is 19.1 Å². The first-order valence-electron chi connectivity index (χ1n) is 7.97. The minimum absolute atomic E-state index is 0.0358. The van der Waals surface area contributed by atoms with E-state index in [9.17, 15) is 4.79 Å². The zero-order valence-electron chi connectivity index (χ0n) is 14.1. The lowest BCUT2D eigenvalue weighted by molar-refractivity contribution is -0.132. The van der Waals surface area contributed by atoms with Crippen LogP contribution in [0.4, 0.5) is 0 Å². The van der Waals surface area contributed by atoms with Crippen LogP contribution in [0.3, 0.4) is 0 Å². The Kier molecular flexibility index (Phi) is 6.95. The lowest BCUT2D eigenvalue weighted by Gasteiger charge is -2.18. The normalized spacial score (nSPS) is 10.1. The van der Waals surface area contributed by atoms with Gasteiger partial charge in [0.15, 0.2) is 18.1 Å². The van der Waals surface area contributed by atoms with Crippen molar-refractivity contribution in [1.29, 1.82) is 0 Å². The van der Waals surface area contributed by atoms with E-state index in [0.29, 0.717) is 31.3 Å². The van der Waals surface area contributed by atoms with Crippen LogP contribution in [-0.2, 0) is 4.79 Å². The molecule has 2 rings (SSSR count). The number of ether oxygens (including phenoxy) is 3. The van der Waals surface area contributed by atoms with Crippen molar-refractivity contribution >= 4 is 5.91 Å². The van der Waals surface area contributed by atoms with Crippen LogP contribution in [0.15, 0.2) is 54.6 Å². The van der Waals surface area contributed by atoms with Gasteiger partial charge in [0, 0.05) is 7.05 Å². The summed E-state index contributed by atoms with van der Waals surface area (Å²) in [6, 6.07) is 16.8. The van der Waals surface area contributed by atoms with Gasteiger partial charge in [0.05, 0.1) is 13.2 Å². The number of rotatable bonds is 9. The first-order chi connectivity index (χ1) is 11.7. The highest BCUT2D eigenvalue weighted by atomic mass is 16.5. The summed E-state index contributed by atoms with van der Waals surface area (Å²) in [5.74, 6) is 1.89. The Hall–Kier alpha value is -2.69. The predicted molar refractivity (Wildman–Crippen MR) is 92.7 cm³/mol. The average molecular weight is 329 g/mol. The van der Waals surface area contributed by atoms with Gasteiger partial charge in [-0.2, -0.15) is 0 Å². The van der Waals surface area contributed by atoms with Crippen LogP contribution in [0.2, 0.25) is 0 Å². The van der Waals surface area contributed by atoms with Crippen molar-refractivity contribution in [2.75, 3.05) is 33.4 Å². The molecule has 0 aliphatic rings. The van der Waals surface area contributed by atoms with Crippen molar-refractivity contribution in [3.8, 4) is 17.2 Å². The van der Waals surface area contributed by atoms with E-state index in [0.717, 1.165) is 5.75 Å². The molecule has 0 N–H and O–H groups in total. The summed E-state index contributed by atoms with van der Waals surface area (Å²) in [6.07, 6.45) is 0. The van der Waals surface area contributed by atoms with E-state index in [-0.39, 0.29) is 12.5 Å². The molecule has 2 aromatic carbocycles. The van der Waals surface area contributed by atoms with E-state index in [1.165, 1.54) is 0 Å². The Balaban J connectivity index is 1.75.